The molecule has 2 aromatic rings. The lowest BCUT2D eigenvalue weighted by molar-refractivity contribution is 0.0493. The van der Waals surface area contributed by atoms with E-state index in [1.807, 2.05) is 17.8 Å². The zero-order valence-corrected chi connectivity index (χ0v) is 12.8. The molecule has 7 nitrogen and oxygen atoms in total. The number of nitrogens with zero attached hydrogens (tertiary/aromatic N) is 3. The van der Waals surface area contributed by atoms with Crippen molar-refractivity contribution in [3.63, 3.8) is 0 Å². The fourth-order valence-electron chi connectivity index (χ4n) is 2.80. The SMILES string of the molecule is Cc1cc(C(=O)NC(c2nccn2C)C2CCOCC2)on1. The third-order valence-electron chi connectivity index (χ3n) is 4.01. The summed E-state index contributed by atoms with van der Waals surface area (Å²) in [5.41, 5.74) is 0.685. The van der Waals surface area contributed by atoms with Crippen molar-refractivity contribution in [2.45, 2.75) is 25.8 Å². The summed E-state index contributed by atoms with van der Waals surface area (Å²) in [4.78, 5) is 16.8. The summed E-state index contributed by atoms with van der Waals surface area (Å²) < 4.78 is 12.4. The third kappa shape index (κ3) is 3.04. The van der Waals surface area contributed by atoms with Crippen LogP contribution in [0.2, 0.25) is 0 Å². The van der Waals surface area contributed by atoms with Gasteiger partial charge in [0, 0.05) is 38.7 Å². The molecule has 1 fully saturated rings. The second-order valence-electron chi connectivity index (χ2n) is 5.63. The Morgan fingerprint density at radius 3 is 2.82 bits per heavy atom. The van der Waals surface area contributed by atoms with Gasteiger partial charge in [-0.15, -0.1) is 0 Å². The Hall–Kier alpha value is -2.15. The number of aryl methyl sites for hydroxylation is 2. The van der Waals surface area contributed by atoms with Gasteiger partial charge in [-0.3, -0.25) is 4.79 Å². The van der Waals surface area contributed by atoms with E-state index in [0.717, 1.165) is 18.7 Å². The molecule has 0 bridgehead atoms. The zero-order chi connectivity index (χ0) is 15.5. The molecule has 1 saturated heterocycles. The van der Waals surface area contributed by atoms with E-state index in [4.69, 9.17) is 9.26 Å². The standard InChI is InChI=1S/C15H20N4O3/c1-10-9-12(22-18-10)15(20)17-13(11-3-7-21-8-4-11)14-16-5-6-19(14)2/h5-6,9,11,13H,3-4,7-8H2,1-2H3,(H,17,20). The van der Waals surface area contributed by atoms with Crippen molar-refractivity contribution in [3.8, 4) is 0 Å². The fourth-order valence-corrected chi connectivity index (χ4v) is 2.80. The minimum absolute atomic E-state index is 0.165. The molecule has 0 spiro atoms. The third-order valence-corrected chi connectivity index (χ3v) is 4.01. The van der Waals surface area contributed by atoms with Crippen LogP contribution < -0.4 is 5.32 Å². The molecule has 118 valence electrons. The lowest BCUT2D eigenvalue weighted by atomic mass is 9.91. The molecule has 0 saturated carbocycles. The molecular formula is C15H20N4O3. The highest BCUT2D eigenvalue weighted by Gasteiger charge is 2.30. The molecule has 1 amide bonds. The maximum atomic E-state index is 12.4. The highest BCUT2D eigenvalue weighted by atomic mass is 16.5. The monoisotopic (exact) mass is 304 g/mol. The first-order valence-electron chi connectivity index (χ1n) is 7.44. The predicted molar refractivity (Wildman–Crippen MR) is 78.2 cm³/mol. The number of carbonyl (C=O) groups is 1. The van der Waals surface area contributed by atoms with Crippen molar-refractivity contribution >= 4 is 5.91 Å². The van der Waals surface area contributed by atoms with Crippen LogP contribution in [0.25, 0.3) is 0 Å². The molecule has 0 radical (unpaired) electrons. The van der Waals surface area contributed by atoms with Crippen molar-refractivity contribution in [2.75, 3.05) is 13.2 Å². The van der Waals surface area contributed by atoms with Crippen molar-refractivity contribution < 1.29 is 14.1 Å². The molecule has 22 heavy (non-hydrogen) atoms. The zero-order valence-electron chi connectivity index (χ0n) is 12.8. The van der Waals surface area contributed by atoms with Crippen LogP contribution in [0, 0.1) is 12.8 Å². The Morgan fingerprint density at radius 1 is 1.45 bits per heavy atom. The average molecular weight is 304 g/mol. The first-order chi connectivity index (χ1) is 10.6. The van der Waals surface area contributed by atoms with Gasteiger partial charge in [0.1, 0.15) is 5.82 Å². The Kier molecular flexibility index (Phi) is 4.24. The number of ether oxygens (including phenoxy) is 1. The summed E-state index contributed by atoms with van der Waals surface area (Å²) in [6.45, 7) is 3.21. The van der Waals surface area contributed by atoms with Gasteiger partial charge in [0.2, 0.25) is 5.76 Å². The minimum Gasteiger partial charge on any atom is -0.381 e. The molecule has 1 aliphatic heterocycles. The maximum Gasteiger partial charge on any atom is 0.290 e. The largest absolute Gasteiger partial charge is 0.381 e. The molecule has 1 atom stereocenters. The molecule has 1 N–H and O–H groups in total. The van der Waals surface area contributed by atoms with Gasteiger partial charge in [-0.05, 0) is 25.7 Å². The van der Waals surface area contributed by atoms with Gasteiger partial charge in [-0.2, -0.15) is 0 Å². The van der Waals surface area contributed by atoms with Gasteiger partial charge < -0.3 is 19.1 Å². The van der Waals surface area contributed by atoms with Crippen LogP contribution in [0.3, 0.4) is 0 Å². The Bertz CT molecular complexity index is 643. The van der Waals surface area contributed by atoms with Crippen molar-refractivity contribution in [1.82, 2.24) is 20.0 Å². The predicted octanol–water partition coefficient (Wildman–Crippen LogP) is 1.61. The van der Waals surface area contributed by atoms with Gasteiger partial charge in [-0.25, -0.2) is 4.98 Å². The van der Waals surface area contributed by atoms with E-state index in [1.54, 1.807) is 19.2 Å². The molecule has 0 aliphatic carbocycles. The molecule has 7 heteroatoms. The van der Waals surface area contributed by atoms with Gasteiger partial charge in [0.25, 0.3) is 5.91 Å². The first kappa shape index (κ1) is 14.8. The van der Waals surface area contributed by atoms with E-state index in [1.165, 1.54) is 0 Å². The van der Waals surface area contributed by atoms with E-state index in [-0.39, 0.29) is 17.7 Å². The molecule has 0 aromatic carbocycles. The summed E-state index contributed by atoms with van der Waals surface area (Å²) >= 11 is 0. The Balaban J connectivity index is 1.82. The second-order valence-corrected chi connectivity index (χ2v) is 5.63. The smallest absolute Gasteiger partial charge is 0.290 e. The number of aromatic nitrogens is 3. The van der Waals surface area contributed by atoms with Gasteiger partial charge in [-0.1, -0.05) is 5.16 Å². The molecule has 3 rings (SSSR count). The number of rotatable bonds is 4. The number of amides is 1. The van der Waals surface area contributed by atoms with E-state index in [9.17, 15) is 4.79 Å². The van der Waals surface area contributed by atoms with Crippen LogP contribution in [0.15, 0.2) is 23.0 Å². The van der Waals surface area contributed by atoms with Crippen LogP contribution in [0.4, 0.5) is 0 Å². The fraction of sp³-hybridized carbons (Fsp3) is 0.533. The van der Waals surface area contributed by atoms with Crippen molar-refractivity contribution in [3.05, 3.63) is 35.7 Å². The molecular weight excluding hydrogens is 284 g/mol. The van der Waals surface area contributed by atoms with Crippen LogP contribution in [0.1, 0.15) is 41.0 Å². The lowest BCUT2D eigenvalue weighted by Gasteiger charge is -2.30. The molecule has 1 aliphatic rings. The average Bonchev–Trinajstić information content (AvgIpc) is 3.14. The Labute approximate surface area is 128 Å². The summed E-state index contributed by atoms with van der Waals surface area (Å²) in [5, 5.41) is 6.81. The van der Waals surface area contributed by atoms with Crippen molar-refractivity contribution in [1.29, 1.82) is 0 Å². The van der Waals surface area contributed by atoms with E-state index < -0.39 is 0 Å². The molecule has 3 heterocycles. The molecule has 1 unspecified atom stereocenters. The summed E-state index contributed by atoms with van der Waals surface area (Å²) in [7, 11) is 1.93. The van der Waals surface area contributed by atoms with E-state index in [0.29, 0.717) is 24.8 Å². The van der Waals surface area contributed by atoms with E-state index in [2.05, 4.69) is 15.5 Å². The van der Waals surface area contributed by atoms with Gasteiger partial charge in [0.05, 0.1) is 11.7 Å². The van der Waals surface area contributed by atoms with Crippen LogP contribution in [0.5, 0.6) is 0 Å². The number of hydrogen-bond acceptors (Lipinski definition) is 5. The van der Waals surface area contributed by atoms with Gasteiger partial charge in [0.15, 0.2) is 0 Å². The minimum atomic E-state index is -0.264. The lowest BCUT2D eigenvalue weighted by Crippen LogP contribution is -2.37. The Morgan fingerprint density at radius 2 is 2.23 bits per heavy atom. The summed E-state index contributed by atoms with van der Waals surface area (Å²) in [6, 6.07) is 1.47. The second kappa shape index (κ2) is 6.31. The quantitative estimate of drug-likeness (QED) is 0.928. The van der Waals surface area contributed by atoms with Crippen LogP contribution in [-0.4, -0.2) is 33.8 Å². The van der Waals surface area contributed by atoms with E-state index >= 15 is 0 Å². The summed E-state index contributed by atoms with van der Waals surface area (Å²) in [5.74, 6) is 1.10. The first-order valence-corrected chi connectivity index (χ1v) is 7.44. The number of nitrogens with one attached hydrogen (secondary N) is 1. The highest BCUT2D eigenvalue weighted by molar-refractivity contribution is 5.91. The highest BCUT2D eigenvalue weighted by Crippen LogP contribution is 2.29. The normalized spacial score (nSPS) is 17.4. The van der Waals surface area contributed by atoms with Crippen LogP contribution >= 0.6 is 0 Å². The number of hydrogen-bond donors (Lipinski definition) is 1. The summed E-state index contributed by atoms with van der Waals surface area (Å²) in [6.07, 6.45) is 5.42. The molecule has 2 aromatic heterocycles. The van der Waals surface area contributed by atoms with Gasteiger partial charge >= 0.3 is 0 Å². The number of carbonyl (C=O) groups excluding carboxylic acids is 1. The topological polar surface area (TPSA) is 82.2 Å². The van der Waals surface area contributed by atoms with Crippen molar-refractivity contribution in [2.24, 2.45) is 13.0 Å². The van der Waals surface area contributed by atoms with Crippen LogP contribution in [-0.2, 0) is 11.8 Å². The number of imidazole rings is 1. The maximum absolute atomic E-state index is 12.4.